The van der Waals surface area contributed by atoms with Crippen molar-refractivity contribution in [1.82, 2.24) is 4.90 Å². The number of aliphatic hydroxyl groups is 1. The van der Waals surface area contributed by atoms with Crippen molar-refractivity contribution in [2.75, 3.05) is 42.0 Å². The van der Waals surface area contributed by atoms with Crippen LogP contribution >= 0.6 is 0 Å². The molecular formula is C42H83NO10. The molecule has 0 radical (unpaired) electrons. The molecule has 5 unspecified atom stereocenters. The lowest BCUT2D eigenvalue weighted by Gasteiger charge is -2.45. The summed E-state index contributed by atoms with van der Waals surface area (Å²) in [5, 5.41) is 10.6. The molecule has 11 heteroatoms. The van der Waals surface area contributed by atoms with Gasteiger partial charge in [-0.25, -0.2) is 0 Å². The monoisotopic (exact) mass is 762 g/mol. The van der Waals surface area contributed by atoms with Gasteiger partial charge in [0.15, 0.2) is 12.6 Å². The van der Waals surface area contributed by atoms with Crippen LogP contribution in [0.1, 0.15) is 135 Å². The number of rotatable bonds is 25. The van der Waals surface area contributed by atoms with Gasteiger partial charge in [-0.15, -0.1) is 0 Å². The molecule has 13 atom stereocenters. The summed E-state index contributed by atoms with van der Waals surface area (Å²) in [7, 11) is 9.05. The number of esters is 1. The molecule has 0 spiro atoms. The van der Waals surface area contributed by atoms with Gasteiger partial charge in [-0.2, -0.15) is 0 Å². The Bertz CT molecular complexity index is 1010. The van der Waals surface area contributed by atoms with Crippen molar-refractivity contribution in [2.24, 2.45) is 29.6 Å². The van der Waals surface area contributed by atoms with Gasteiger partial charge in [-0.3, -0.25) is 9.59 Å². The fourth-order valence-corrected chi connectivity index (χ4v) is 7.48. The summed E-state index contributed by atoms with van der Waals surface area (Å²) in [5.74, 6) is -1.22. The van der Waals surface area contributed by atoms with Crippen LogP contribution in [0.5, 0.6) is 0 Å². The summed E-state index contributed by atoms with van der Waals surface area (Å²) in [5.41, 5.74) is -1.49. The Hall–Kier alpha value is -1.18. The summed E-state index contributed by atoms with van der Waals surface area (Å²) in [6.45, 7) is 25.8. The summed E-state index contributed by atoms with van der Waals surface area (Å²) in [4.78, 5) is 29.4. The van der Waals surface area contributed by atoms with Crippen molar-refractivity contribution >= 4 is 11.8 Å². The van der Waals surface area contributed by atoms with Gasteiger partial charge in [-0.1, -0.05) is 61.8 Å². The van der Waals surface area contributed by atoms with E-state index in [1.54, 1.807) is 28.3 Å². The highest BCUT2D eigenvalue weighted by atomic mass is 16.7. The van der Waals surface area contributed by atoms with E-state index >= 15 is 0 Å². The van der Waals surface area contributed by atoms with Crippen molar-refractivity contribution < 1.29 is 47.9 Å². The van der Waals surface area contributed by atoms with Gasteiger partial charge >= 0.3 is 5.97 Å². The van der Waals surface area contributed by atoms with E-state index in [1.807, 2.05) is 69.2 Å². The van der Waals surface area contributed by atoms with Gasteiger partial charge in [-0.05, 0) is 86.2 Å². The molecule has 0 aliphatic carbocycles. The molecule has 11 nitrogen and oxygen atoms in total. The molecule has 1 N–H and O–H groups in total. The second kappa shape index (κ2) is 25.1. The Labute approximate surface area is 324 Å². The van der Waals surface area contributed by atoms with Gasteiger partial charge < -0.3 is 43.2 Å². The summed E-state index contributed by atoms with van der Waals surface area (Å²) < 4.78 is 41.8. The maximum absolute atomic E-state index is 13.7. The number of methoxy groups -OCH3 is 3. The quantitative estimate of drug-likeness (QED) is 0.0728. The zero-order valence-electron chi connectivity index (χ0n) is 37.2. The molecular weight excluding hydrogens is 678 g/mol. The lowest BCUT2D eigenvalue weighted by molar-refractivity contribution is -0.294. The Morgan fingerprint density at radius 1 is 1.00 bits per heavy atom. The number of carbonyl (C=O) groups is 2. The molecule has 1 fully saturated rings. The van der Waals surface area contributed by atoms with Crippen LogP contribution in [0.4, 0.5) is 0 Å². The third kappa shape index (κ3) is 16.4. The number of ether oxygens (including phenoxy) is 7. The molecule has 0 aromatic rings. The first-order valence-corrected chi connectivity index (χ1v) is 20.4. The maximum atomic E-state index is 13.7. The number of hydrogen-bond acceptors (Lipinski definition) is 11. The Kier molecular flexibility index (Phi) is 24.6. The fourth-order valence-electron chi connectivity index (χ4n) is 7.48. The van der Waals surface area contributed by atoms with E-state index in [4.69, 9.17) is 33.2 Å². The lowest BCUT2D eigenvalue weighted by Crippen LogP contribution is -2.57. The van der Waals surface area contributed by atoms with Gasteiger partial charge in [0.05, 0.1) is 35.9 Å². The topological polar surface area (TPSA) is 122 Å². The van der Waals surface area contributed by atoms with Gasteiger partial charge in [0, 0.05) is 52.0 Å². The summed E-state index contributed by atoms with van der Waals surface area (Å²) in [6.07, 6.45) is 1.95. The maximum Gasteiger partial charge on any atom is 0.311 e. The van der Waals surface area contributed by atoms with E-state index in [2.05, 4.69) is 32.8 Å². The normalized spacial score (nSPS) is 26.3. The number of hydrogen-bond donors (Lipinski definition) is 1. The zero-order chi connectivity index (χ0) is 41.3. The molecule has 0 bridgehead atoms. The average molecular weight is 762 g/mol. The Balaban J connectivity index is 0.0000133. The molecule has 1 heterocycles. The number of Topliss-reactive ketones (excluding diaryl/α,β-unsaturated/α-hetero) is 1. The predicted molar refractivity (Wildman–Crippen MR) is 212 cm³/mol. The number of ketones is 1. The highest BCUT2D eigenvalue weighted by Crippen LogP contribution is 2.35. The van der Waals surface area contributed by atoms with Gasteiger partial charge in [0.1, 0.15) is 18.0 Å². The molecule has 1 saturated heterocycles. The van der Waals surface area contributed by atoms with E-state index in [0.717, 1.165) is 25.7 Å². The van der Waals surface area contributed by atoms with Crippen molar-refractivity contribution in [3.05, 3.63) is 0 Å². The van der Waals surface area contributed by atoms with Gasteiger partial charge in [0.2, 0.25) is 0 Å². The van der Waals surface area contributed by atoms with Crippen LogP contribution < -0.4 is 0 Å². The highest BCUT2D eigenvalue weighted by molar-refractivity contribution is 5.82. The number of carbonyl (C=O) groups excluding carboxylic acids is 2. The number of aliphatic hydroxyl groups excluding tert-OH is 1. The molecule has 316 valence electrons. The molecule has 0 aromatic carbocycles. The van der Waals surface area contributed by atoms with Crippen LogP contribution in [0, 0.1) is 29.6 Å². The van der Waals surface area contributed by atoms with Crippen LogP contribution in [0.3, 0.4) is 0 Å². The first-order chi connectivity index (χ1) is 24.7. The van der Waals surface area contributed by atoms with E-state index in [0.29, 0.717) is 31.9 Å². The minimum absolute atomic E-state index is 0.00288. The van der Waals surface area contributed by atoms with Crippen LogP contribution in [0.15, 0.2) is 0 Å². The van der Waals surface area contributed by atoms with Crippen LogP contribution in [0.2, 0.25) is 0 Å². The van der Waals surface area contributed by atoms with E-state index in [9.17, 15) is 14.7 Å². The first-order valence-electron chi connectivity index (χ1n) is 20.4. The SMILES string of the molecule is CC.CCCC(CC(OC)OC[C@@](C)(C[C@@H](C)C(=O)C(C)C[C@@H](CC)[C@@H](C)OC(=O)C(C)[C@@H](O[C@H]1C[C@@](C)(OC)[C@@H](O)C(C)O1)C(C)C)OC)N(C)C. The zero-order valence-corrected chi connectivity index (χ0v) is 37.2. The van der Waals surface area contributed by atoms with E-state index in [1.165, 1.54) is 0 Å². The second-order valence-electron chi connectivity index (χ2n) is 16.3. The molecule has 53 heavy (non-hydrogen) atoms. The van der Waals surface area contributed by atoms with Crippen molar-refractivity contribution in [3.8, 4) is 0 Å². The second-order valence-corrected chi connectivity index (χ2v) is 16.3. The van der Waals surface area contributed by atoms with Crippen LogP contribution in [-0.4, -0.2) is 118 Å². The minimum Gasteiger partial charge on any atom is -0.462 e. The number of nitrogens with zero attached hydrogens (tertiary/aromatic N) is 1. The minimum atomic E-state index is -0.824. The smallest absolute Gasteiger partial charge is 0.311 e. The third-order valence-electron chi connectivity index (χ3n) is 11.3. The molecule has 1 rings (SSSR count). The molecule has 1 aliphatic heterocycles. The predicted octanol–water partition coefficient (Wildman–Crippen LogP) is 7.68. The van der Waals surface area contributed by atoms with Gasteiger partial charge in [0.25, 0.3) is 0 Å². The Morgan fingerprint density at radius 2 is 1.60 bits per heavy atom. The highest BCUT2D eigenvalue weighted by Gasteiger charge is 2.47. The first kappa shape index (κ1) is 51.8. The van der Waals surface area contributed by atoms with Crippen LogP contribution in [0.25, 0.3) is 0 Å². The largest absolute Gasteiger partial charge is 0.462 e. The van der Waals surface area contributed by atoms with E-state index in [-0.39, 0.29) is 47.8 Å². The summed E-state index contributed by atoms with van der Waals surface area (Å²) >= 11 is 0. The summed E-state index contributed by atoms with van der Waals surface area (Å²) in [6, 6.07) is 0.348. The van der Waals surface area contributed by atoms with Crippen molar-refractivity contribution in [2.45, 2.75) is 189 Å². The standard InChI is InChI=1S/C40H77NO10.C2H6/c1-17-19-32(41(12)13)21-33(45-14)48-24-39(10,46-15)22-27(6)35(42)26(5)20-31(18-2)29(8)50-38(44)28(7)36(25(3)4)51-34-23-40(11,47-16)37(43)30(9)49-34;1-2/h25-34,36-37,43H,17-24H2,1-16H3;1-2H3/t26?,27-,28?,29-,30?,31-,32?,33?,34+,36+,37+,39-,40-;/m1./s1. The molecule has 0 amide bonds. The average Bonchev–Trinajstić information content (AvgIpc) is 3.12. The molecule has 1 aliphatic rings. The van der Waals surface area contributed by atoms with Crippen molar-refractivity contribution in [3.63, 3.8) is 0 Å². The molecule has 0 aromatic heterocycles. The lowest BCUT2D eigenvalue weighted by atomic mass is 9.81. The fraction of sp³-hybridized carbons (Fsp3) is 0.952. The van der Waals surface area contributed by atoms with Crippen LogP contribution in [-0.2, 0) is 42.7 Å². The third-order valence-corrected chi connectivity index (χ3v) is 11.3. The van der Waals surface area contributed by atoms with E-state index < -0.39 is 41.7 Å². The van der Waals surface area contributed by atoms with Crippen molar-refractivity contribution in [1.29, 1.82) is 0 Å². The molecule has 0 saturated carbocycles. The Morgan fingerprint density at radius 3 is 2.08 bits per heavy atom.